The standard InChI is InChI=1S/C26H24N4O2S/c1-17-7-8-19(15-18(17)2)23(31)20-5-3-4-6-21(20)26(32)30-12-10-29(11-13-30)24-22-9-14-33-25(22)28-16-27-24/h3-9,14-16H,10-13H2,1-2H3. The summed E-state index contributed by atoms with van der Waals surface area (Å²) in [7, 11) is 0. The van der Waals surface area contributed by atoms with Gasteiger partial charge in [0.05, 0.1) is 10.9 Å². The molecule has 1 saturated heterocycles. The van der Waals surface area contributed by atoms with Gasteiger partial charge < -0.3 is 9.80 Å². The molecule has 2 aromatic heterocycles. The number of amides is 1. The van der Waals surface area contributed by atoms with Gasteiger partial charge in [-0.2, -0.15) is 0 Å². The Hall–Kier alpha value is -3.58. The van der Waals surface area contributed by atoms with E-state index in [4.69, 9.17) is 0 Å². The monoisotopic (exact) mass is 456 g/mol. The van der Waals surface area contributed by atoms with Crippen LogP contribution in [0, 0.1) is 13.8 Å². The SMILES string of the molecule is Cc1ccc(C(=O)c2ccccc2C(=O)N2CCN(c3ncnc4sccc34)CC2)cc1C. The zero-order valence-electron chi connectivity index (χ0n) is 18.6. The van der Waals surface area contributed by atoms with Gasteiger partial charge in [0, 0.05) is 37.3 Å². The molecule has 2 aromatic carbocycles. The van der Waals surface area contributed by atoms with Crippen LogP contribution >= 0.6 is 11.3 Å². The summed E-state index contributed by atoms with van der Waals surface area (Å²) in [6.45, 7) is 6.51. The number of carbonyl (C=O) groups excluding carboxylic acids is 2. The van der Waals surface area contributed by atoms with Crippen molar-refractivity contribution >= 4 is 39.1 Å². The Bertz CT molecular complexity index is 1360. The lowest BCUT2D eigenvalue weighted by molar-refractivity contribution is 0.0742. The molecule has 1 amide bonds. The van der Waals surface area contributed by atoms with Crippen LogP contribution in [0.4, 0.5) is 5.82 Å². The van der Waals surface area contributed by atoms with E-state index in [9.17, 15) is 9.59 Å². The van der Waals surface area contributed by atoms with Crippen molar-refractivity contribution in [2.75, 3.05) is 31.1 Å². The van der Waals surface area contributed by atoms with Gasteiger partial charge in [0.25, 0.3) is 5.91 Å². The first-order valence-electron chi connectivity index (χ1n) is 11.0. The number of rotatable bonds is 4. The molecule has 0 atom stereocenters. The highest BCUT2D eigenvalue weighted by atomic mass is 32.1. The number of hydrogen-bond donors (Lipinski definition) is 0. The fraction of sp³-hybridized carbons (Fsp3) is 0.231. The maximum absolute atomic E-state index is 13.4. The van der Waals surface area contributed by atoms with Crippen LogP contribution in [0.5, 0.6) is 0 Å². The van der Waals surface area contributed by atoms with Crippen LogP contribution in [-0.2, 0) is 0 Å². The number of aryl methyl sites for hydroxylation is 2. The lowest BCUT2D eigenvalue weighted by Gasteiger charge is -2.35. The topological polar surface area (TPSA) is 66.4 Å². The minimum atomic E-state index is -0.124. The van der Waals surface area contributed by atoms with Crippen molar-refractivity contribution in [3.05, 3.63) is 88.1 Å². The highest BCUT2D eigenvalue weighted by molar-refractivity contribution is 7.16. The normalized spacial score (nSPS) is 14.0. The minimum Gasteiger partial charge on any atom is -0.352 e. The third-order valence-electron chi connectivity index (χ3n) is 6.28. The minimum absolute atomic E-state index is 0.106. The van der Waals surface area contributed by atoms with Crippen LogP contribution in [0.2, 0.25) is 0 Å². The Labute approximate surface area is 196 Å². The second-order valence-corrected chi connectivity index (χ2v) is 9.18. The van der Waals surface area contributed by atoms with Crippen molar-refractivity contribution < 1.29 is 9.59 Å². The molecule has 6 nitrogen and oxygen atoms in total. The van der Waals surface area contributed by atoms with Crippen molar-refractivity contribution in [1.82, 2.24) is 14.9 Å². The summed E-state index contributed by atoms with van der Waals surface area (Å²) in [5.41, 5.74) is 3.70. The van der Waals surface area contributed by atoms with Gasteiger partial charge >= 0.3 is 0 Å². The molecule has 0 radical (unpaired) electrons. The molecule has 0 aliphatic carbocycles. The lowest BCUT2D eigenvalue weighted by Crippen LogP contribution is -2.49. The first-order chi connectivity index (χ1) is 16.0. The van der Waals surface area contributed by atoms with Crippen LogP contribution < -0.4 is 4.90 Å². The fourth-order valence-electron chi connectivity index (χ4n) is 4.23. The number of aromatic nitrogens is 2. The molecule has 0 spiro atoms. The van der Waals surface area contributed by atoms with Crippen molar-refractivity contribution in [2.24, 2.45) is 0 Å². The molecule has 33 heavy (non-hydrogen) atoms. The molecule has 3 heterocycles. The molecule has 0 saturated carbocycles. The predicted octanol–water partition coefficient (Wildman–Crippen LogP) is 4.50. The summed E-state index contributed by atoms with van der Waals surface area (Å²) in [6, 6.07) is 14.8. The van der Waals surface area contributed by atoms with Crippen LogP contribution in [0.3, 0.4) is 0 Å². The van der Waals surface area contributed by atoms with E-state index in [1.165, 1.54) is 0 Å². The summed E-state index contributed by atoms with van der Waals surface area (Å²) in [5, 5.41) is 3.07. The molecular formula is C26H24N4O2S. The van der Waals surface area contributed by atoms with Gasteiger partial charge in [0.2, 0.25) is 0 Å². The average Bonchev–Trinajstić information content (AvgIpc) is 3.34. The van der Waals surface area contributed by atoms with Crippen molar-refractivity contribution in [3.63, 3.8) is 0 Å². The molecule has 0 N–H and O–H groups in total. The Kier molecular flexibility index (Phi) is 5.64. The van der Waals surface area contributed by atoms with Crippen LogP contribution in [0.15, 0.2) is 60.2 Å². The smallest absolute Gasteiger partial charge is 0.254 e. The first-order valence-corrected chi connectivity index (χ1v) is 11.8. The number of fused-ring (bicyclic) bond motifs is 1. The van der Waals surface area contributed by atoms with Crippen LogP contribution in [-0.4, -0.2) is 52.7 Å². The molecular weight excluding hydrogens is 432 g/mol. The van der Waals surface area contributed by atoms with Crippen molar-refractivity contribution in [2.45, 2.75) is 13.8 Å². The Balaban J connectivity index is 1.35. The van der Waals surface area contributed by atoms with Crippen LogP contribution in [0.25, 0.3) is 10.2 Å². The van der Waals surface area contributed by atoms with Crippen molar-refractivity contribution in [1.29, 1.82) is 0 Å². The maximum atomic E-state index is 13.4. The molecule has 7 heteroatoms. The number of carbonyl (C=O) groups is 2. The van der Waals surface area contributed by atoms with Gasteiger partial charge in [0.1, 0.15) is 17.0 Å². The van der Waals surface area contributed by atoms with E-state index < -0.39 is 0 Å². The van der Waals surface area contributed by atoms with E-state index in [1.54, 1.807) is 29.8 Å². The second-order valence-electron chi connectivity index (χ2n) is 8.29. The number of hydrogen-bond acceptors (Lipinski definition) is 6. The van der Waals surface area contributed by atoms with Gasteiger partial charge in [-0.1, -0.05) is 30.3 Å². The number of piperazine rings is 1. The van der Waals surface area contributed by atoms with Gasteiger partial charge in [-0.15, -0.1) is 11.3 Å². The Morgan fingerprint density at radius 2 is 1.64 bits per heavy atom. The molecule has 166 valence electrons. The third kappa shape index (κ3) is 4.00. The summed E-state index contributed by atoms with van der Waals surface area (Å²) < 4.78 is 0. The third-order valence-corrected chi connectivity index (χ3v) is 7.10. The Morgan fingerprint density at radius 3 is 2.39 bits per heavy atom. The van der Waals surface area contributed by atoms with Gasteiger partial charge in [-0.05, 0) is 48.6 Å². The molecule has 1 fully saturated rings. The number of benzene rings is 2. The van der Waals surface area contributed by atoms with E-state index in [2.05, 4.69) is 14.9 Å². The largest absolute Gasteiger partial charge is 0.352 e. The van der Waals surface area contributed by atoms with E-state index in [1.807, 2.05) is 60.5 Å². The quantitative estimate of drug-likeness (QED) is 0.423. The average molecular weight is 457 g/mol. The summed E-state index contributed by atoms with van der Waals surface area (Å²) in [5.74, 6) is 0.686. The summed E-state index contributed by atoms with van der Waals surface area (Å²) in [4.78, 5) is 40.5. The zero-order valence-corrected chi connectivity index (χ0v) is 19.4. The van der Waals surface area contributed by atoms with Crippen LogP contribution in [0.1, 0.15) is 37.4 Å². The highest BCUT2D eigenvalue weighted by Gasteiger charge is 2.27. The predicted molar refractivity (Wildman–Crippen MR) is 131 cm³/mol. The fourth-order valence-corrected chi connectivity index (χ4v) is 4.95. The first kappa shape index (κ1) is 21.3. The van der Waals surface area contributed by atoms with E-state index in [0.717, 1.165) is 27.2 Å². The van der Waals surface area contributed by atoms with Gasteiger partial charge in [0.15, 0.2) is 5.78 Å². The maximum Gasteiger partial charge on any atom is 0.254 e. The van der Waals surface area contributed by atoms with E-state index in [-0.39, 0.29) is 11.7 Å². The number of nitrogens with zero attached hydrogens (tertiary/aromatic N) is 4. The highest BCUT2D eigenvalue weighted by Crippen LogP contribution is 2.28. The number of ketones is 1. The van der Waals surface area contributed by atoms with E-state index >= 15 is 0 Å². The molecule has 0 unspecified atom stereocenters. The molecule has 0 bridgehead atoms. The number of anilines is 1. The van der Waals surface area contributed by atoms with Gasteiger partial charge in [-0.25, -0.2) is 9.97 Å². The summed E-state index contributed by atoms with van der Waals surface area (Å²) >= 11 is 1.60. The zero-order chi connectivity index (χ0) is 22.9. The Morgan fingerprint density at radius 1 is 0.879 bits per heavy atom. The van der Waals surface area contributed by atoms with E-state index in [0.29, 0.717) is 42.9 Å². The molecule has 5 rings (SSSR count). The lowest BCUT2D eigenvalue weighted by atomic mass is 9.95. The van der Waals surface area contributed by atoms with Crippen molar-refractivity contribution in [3.8, 4) is 0 Å². The second kappa shape index (κ2) is 8.75. The molecule has 1 aliphatic rings. The number of thiophene rings is 1. The summed E-state index contributed by atoms with van der Waals surface area (Å²) in [6.07, 6.45) is 1.60. The van der Waals surface area contributed by atoms with Gasteiger partial charge in [-0.3, -0.25) is 9.59 Å². The molecule has 4 aromatic rings. The molecule has 1 aliphatic heterocycles.